The smallest absolute Gasteiger partial charge is 0.275 e. The SMILES string of the molecule is C#CCn1nc(CNC(=O)C2c3ccccc3Oc3ccccc32)c2ccccc2c1=O. The first-order valence-corrected chi connectivity index (χ1v) is 10.2. The number of carbonyl (C=O) groups is 1. The molecule has 0 spiro atoms. The highest BCUT2D eigenvalue weighted by atomic mass is 16.5. The molecule has 0 unspecified atom stereocenters. The lowest BCUT2D eigenvalue weighted by atomic mass is 9.87. The van der Waals surface area contributed by atoms with E-state index in [1.54, 1.807) is 12.1 Å². The Labute approximate surface area is 184 Å². The first-order chi connectivity index (χ1) is 15.7. The Kier molecular flexibility index (Phi) is 4.92. The lowest BCUT2D eigenvalue weighted by molar-refractivity contribution is -0.122. The van der Waals surface area contributed by atoms with E-state index < -0.39 is 5.92 Å². The van der Waals surface area contributed by atoms with Crippen molar-refractivity contribution >= 4 is 16.7 Å². The molecule has 6 nitrogen and oxygen atoms in total. The summed E-state index contributed by atoms with van der Waals surface area (Å²) in [6.07, 6.45) is 5.40. The lowest BCUT2D eigenvalue weighted by Gasteiger charge is -2.27. The van der Waals surface area contributed by atoms with Crippen LogP contribution < -0.4 is 15.6 Å². The number of hydrogen-bond donors (Lipinski definition) is 1. The van der Waals surface area contributed by atoms with Crippen LogP contribution in [0.4, 0.5) is 0 Å². The average Bonchev–Trinajstić information content (AvgIpc) is 2.83. The number of ether oxygens (including phenoxy) is 1. The van der Waals surface area contributed by atoms with Crippen molar-refractivity contribution in [3.63, 3.8) is 0 Å². The van der Waals surface area contributed by atoms with E-state index in [9.17, 15) is 9.59 Å². The Hall–Kier alpha value is -4.37. The van der Waals surface area contributed by atoms with Gasteiger partial charge in [-0.05, 0) is 18.2 Å². The van der Waals surface area contributed by atoms with Gasteiger partial charge in [0.2, 0.25) is 5.91 Å². The Morgan fingerprint density at radius 1 is 0.969 bits per heavy atom. The van der Waals surface area contributed by atoms with E-state index in [0.717, 1.165) is 11.1 Å². The van der Waals surface area contributed by atoms with Crippen LogP contribution >= 0.6 is 0 Å². The van der Waals surface area contributed by atoms with Gasteiger partial charge in [0.1, 0.15) is 18.0 Å². The molecule has 4 aromatic rings. The third kappa shape index (κ3) is 3.30. The van der Waals surface area contributed by atoms with Gasteiger partial charge in [0.05, 0.1) is 23.5 Å². The molecule has 2 heterocycles. The van der Waals surface area contributed by atoms with Gasteiger partial charge in [0.25, 0.3) is 5.56 Å². The van der Waals surface area contributed by atoms with Gasteiger partial charge in [-0.25, -0.2) is 4.68 Å². The molecule has 1 aliphatic rings. The van der Waals surface area contributed by atoms with Gasteiger partial charge in [0.15, 0.2) is 0 Å². The first-order valence-electron chi connectivity index (χ1n) is 10.2. The monoisotopic (exact) mass is 421 g/mol. The van der Waals surface area contributed by atoms with Crippen molar-refractivity contribution in [2.75, 3.05) is 0 Å². The number of para-hydroxylation sites is 2. The predicted molar refractivity (Wildman–Crippen MR) is 121 cm³/mol. The molecule has 3 aromatic carbocycles. The molecule has 0 bridgehead atoms. The summed E-state index contributed by atoms with van der Waals surface area (Å²) in [4.78, 5) is 26.0. The van der Waals surface area contributed by atoms with Crippen LogP contribution in [0, 0.1) is 12.3 Å². The molecule has 0 fully saturated rings. The molecule has 1 N–H and O–H groups in total. The van der Waals surface area contributed by atoms with Gasteiger partial charge in [-0.15, -0.1) is 6.42 Å². The van der Waals surface area contributed by atoms with Gasteiger partial charge >= 0.3 is 0 Å². The number of amides is 1. The number of nitrogens with one attached hydrogen (secondary N) is 1. The fourth-order valence-electron chi connectivity index (χ4n) is 4.09. The van der Waals surface area contributed by atoms with Crippen LogP contribution in [0.2, 0.25) is 0 Å². The first kappa shape index (κ1) is 19.6. The van der Waals surface area contributed by atoms with Crippen LogP contribution in [0.5, 0.6) is 11.5 Å². The van der Waals surface area contributed by atoms with Crippen LogP contribution in [0.3, 0.4) is 0 Å². The summed E-state index contributed by atoms with van der Waals surface area (Å²) in [6.45, 7) is 0.219. The van der Waals surface area contributed by atoms with Crippen LogP contribution in [0.15, 0.2) is 77.6 Å². The lowest BCUT2D eigenvalue weighted by Crippen LogP contribution is -2.33. The third-order valence-corrected chi connectivity index (χ3v) is 5.56. The Balaban J connectivity index is 1.50. The fraction of sp³-hybridized carbons (Fsp3) is 0.115. The summed E-state index contributed by atoms with van der Waals surface area (Å²) < 4.78 is 7.24. The van der Waals surface area contributed by atoms with Crippen LogP contribution in [-0.2, 0) is 17.9 Å². The fourth-order valence-corrected chi connectivity index (χ4v) is 4.09. The highest BCUT2D eigenvalue weighted by Crippen LogP contribution is 2.43. The molecule has 5 rings (SSSR count). The molecule has 32 heavy (non-hydrogen) atoms. The number of carbonyl (C=O) groups excluding carboxylic acids is 1. The van der Waals surface area contributed by atoms with E-state index >= 15 is 0 Å². The van der Waals surface area contributed by atoms with E-state index in [1.165, 1.54) is 4.68 Å². The van der Waals surface area contributed by atoms with Gasteiger partial charge in [0, 0.05) is 16.5 Å². The maximum atomic E-state index is 13.4. The highest BCUT2D eigenvalue weighted by molar-refractivity contribution is 5.90. The third-order valence-electron chi connectivity index (χ3n) is 5.56. The zero-order valence-electron chi connectivity index (χ0n) is 17.1. The van der Waals surface area contributed by atoms with Crippen molar-refractivity contribution in [2.24, 2.45) is 0 Å². The standard InChI is InChI=1S/C26H19N3O3/c1-2-15-29-26(31)18-10-4-3-9-17(18)21(28-29)16-27-25(30)24-19-11-5-7-13-22(19)32-23-14-8-6-12-20(23)24/h1,3-14,24H,15-16H2,(H,27,30). The number of rotatable bonds is 4. The second-order valence-corrected chi connectivity index (χ2v) is 7.49. The number of nitrogens with zero attached hydrogens (tertiary/aromatic N) is 2. The Morgan fingerprint density at radius 3 is 2.22 bits per heavy atom. The summed E-state index contributed by atoms with van der Waals surface area (Å²) >= 11 is 0. The maximum Gasteiger partial charge on any atom is 0.275 e. The van der Waals surface area contributed by atoms with E-state index in [0.29, 0.717) is 28.0 Å². The number of hydrogen-bond acceptors (Lipinski definition) is 4. The second-order valence-electron chi connectivity index (χ2n) is 7.49. The molecule has 0 atom stereocenters. The van der Waals surface area contributed by atoms with E-state index in [-0.39, 0.29) is 24.6 Å². The number of fused-ring (bicyclic) bond motifs is 3. The highest BCUT2D eigenvalue weighted by Gasteiger charge is 2.32. The predicted octanol–water partition coefficient (Wildman–Crippen LogP) is 3.58. The molecule has 1 aromatic heterocycles. The van der Waals surface area contributed by atoms with Crippen molar-refractivity contribution in [3.8, 4) is 23.8 Å². The Morgan fingerprint density at radius 2 is 1.56 bits per heavy atom. The molecule has 0 aliphatic carbocycles. The molecule has 0 saturated carbocycles. The van der Waals surface area contributed by atoms with Crippen LogP contribution in [-0.4, -0.2) is 15.7 Å². The topological polar surface area (TPSA) is 73.2 Å². The van der Waals surface area contributed by atoms with Crippen molar-refractivity contribution in [1.29, 1.82) is 0 Å². The summed E-state index contributed by atoms with van der Waals surface area (Å²) in [7, 11) is 0. The average molecular weight is 421 g/mol. The van der Waals surface area contributed by atoms with Crippen molar-refractivity contribution in [3.05, 3.63) is 100.0 Å². The number of benzene rings is 3. The quantitative estimate of drug-likeness (QED) is 0.511. The van der Waals surface area contributed by atoms with Crippen LogP contribution in [0.25, 0.3) is 10.8 Å². The molecular formula is C26H19N3O3. The molecule has 1 amide bonds. The number of terminal acetylenes is 1. The normalized spacial score (nSPS) is 12.3. The summed E-state index contributed by atoms with van der Waals surface area (Å²) in [5, 5.41) is 8.64. The minimum atomic E-state index is -0.515. The van der Waals surface area contributed by atoms with Crippen molar-refractivity contribution in [1.82, 2.24) is 15.1 Å². The maximum absolute atomic E-state index is 13.4. The molecule has 1 aliphatic heterocycles. The summed E-state index contributed by atoms with van der Waals surface area (Å²) in [5.41, 5.74) is 1.94. The van der Waals surface area contributed by atoms with Crippen molar-refractivity contribution in [2.45, 2.75) is 19.0 Å². The summed E-state index contributed by atoms with van der Waals surface area (Å²) in [5.74, 6) is 3.10. The van der Waals surface area contributed by atoms with Crippen molar-refractivity contribution < 1.29 is 9.53 Å². The van der Waals surface area contributed by atoms with Gasteiger partial charge in [-0.1, -0.05) is 60.5 Å². The Bertz CT molecular complexity index is 1400. The molecular weight excluding hydrogens is 402 g/mol. The zero-order valence-corrected chi connectivity index (χ0v) is 17.1. The molecule has 156 valence electrons. The minimum Gasteiger partial charge on any atom is -0.457 e. The molecule has 0 saturated heterocycles. The van der Waals surface area contributed by atoms with E-state index in [2.05, 4.69) is 16.3 Å². The summed E-state index contributed by atoms with van der Waals surface area (Å²) in [6, 6.07) is 22.3. The molecule has 6 heteroatoms. The number of aromatic nitrogens is 2. The minimum absolute atomic E-state index is 0.0608. The van der Waals surface area contributed by atoms with Gasteiger partial charge < -0.3 is 10.1 Å². The largest absolute Gasteiger partial charge is 0.457 e. The molecule has 0 radical (unpaired) electrons. The van der Waals surface area contributed by atoms with E-state index in [1.807, 2.05) is 60.7 Å². The van der Waals surface area contributed by atoms with Crippen LogP contribution in [0.1, 0.15) is 22.7 Å². The van der Waals surface area contributed by atoms with Gasteiger partial charge in [-0.2, -0.15) is 5.10 Å². The van der Waals surface area contributed by atoms with E-state index in [4.69, 9.17) is 11.2 Å². The zero-order chi connectivity index (χ0) is 22.1. The second kappa shape index (κ2) is 8.05. The van der Waals surface area contributed by atoms with Gasteiger partial charge in [-0.3, -0.25) is 9.59 Å².